The summed E-state index contributed by atoms with van der Waals surface area (Å²) in [6.45, 7) is 4.85. The van der Waals surface area contributed by atoms with E-state index in [1.165, 1.54) is 0 Å². The number of amides is 1. The lowest BCUT2D eigenvalue weighted by Crippen LogP contribution is -2.14. The van der Waals surface area contributed by atoms with E-state index in [0.717, 1.165) is 60.2 Å². The summed E-state index contributed by atoms with van der Waals surface area (Å²) >= 11 is 0. The fourth-order valence-electron chi connectivity index (χ4n) is 4.50. The molecule has 6 nitrogen and oxygen atoms in total. The molecule has 2 N–H and O–H groups in total. The highest BCUT2D eigenvalue weighted by atomic mass is 16.5. The lowest BCUT2D eigenvalue weighted by Gasteiger charge is -2.15. The zero-order chi connectivity index (χ0) is 24.7. The maximum absolute atomic E-state index is 12.6. The standard InChI is InChI=1S/C28H33N3O3/c1-5-6-7-8-23-27(22-12-9-21(18-29)10-13-22)26(28(30)32)19(2)31(23)16-15-20-11-14-24(33-3)25(17-20)34-4/h9-14,17H,5-8,15-16H2,1-4H3,(H2,30,32). The van der Waals surface area contributed by atoms with Crippen molar-refractivity contribution < 1.29 is 14.3 Å². The van der Waals surface area contributed by atoms with Gasteiger partial charge in [-0.15, -0.1) is 0 Å². The normalized spacial score (nSPS) is 10.7. The first-order chi connectivity index (χ1) is 16.4. The number of nitriles is 1. The number of aromatic nitrogens is 1. The van der Waals surface area contributed by atoms with E-state index in [2.05, 4.69) is 17.6 Å². The highest BCUT2D eigenvalue weighted by Crippen LogP contribution is 2.35. The molecule has 3 rings (SSSR count). The second kappa shape index (κ2) is 11.4. The number of nitrogens with zero attached hydrogens (tertiary/aromatic N) is 2. The largest absolute Gasteiger partial charge is 0.493 e. The molecule has 0 aliphatic rings. The summed E-state index contributed by atoms with van der Waals surface area (Å²) in [4.78, 5) is 12.6. The Labute approximate surface area is 201 Å². The van der Waals surface area contributed by atoms with E-state index in [1.54, 1.807) is 26.4 Å². The highest BCUT2D eigenvalue weighted by Gasteiger charge is 2.24. The van der Waals surface area contributed by atoms with E-state index in [1.807, 2.05) is 37.3 Å². The molecule has 1 aromatic heterocycles. The van der Waals surface area contributed by atoms with E-state index < -0.39 is 5.91 Å². The van der Waals surface area contributed by atoms with Gasteiger partial charge in [0.15, 0.2) is 11.5 Å². The van der Waals surface area contributed by atoms with E-state index in [0.29, 0.717) is 29.2 Å². The van der Waals surface area contributed by atoms with Gasteiger partial charge in [-0.1, -0.05) is 38.0 Å². The Morgan fingerprint density at radius 2 is 1.74 bits per heavy atom. The Bertz CT molecular complexity index is 1190. The molecule has 0 saturated carbocycles. The van der Waals surface area contributed by atoms with E-state index in [9.17, 15) is 10.1 Å². The topological polar surface area (TPSA) is 90.3 Å². The summed E-state index contributed by atoms with van der Waals surface area (Å²) in [5.41, 5.74) is 11.9. The number of hydrogen-bond donors (Lipinski definition) is 1. The molecule has 0 radical (unpaired) electrons. The molecule has 0 saturated heterocycles. The molecule has 34 heavy (non-hydrogen) atoms. The maximum atomic E-state index is 12.6. The van der Waals surface area contributed by atoms with Crippen LogP contribution in [0.3, 0.4) is 0 Å². The number of nitrogens with two attached hydrogens (primary N) is 1. The average molecular weight is 460 g/mol. The molecule has 0 aliphatic heterocycles. The fraction of sp³-hybridized carbons (Fsp3) is 0.357. The Morgan fingerprint density at radius 3 is 2.32 bits per heavy atom. The van der Waals surface area contributed by atoms with Crippen LogP contribution >= 0.6 is 0 Å². The number of aryl methyl sites for hydroxylation is 1. The van der Waals surface area contributed by atoms with Gasteiger partial charge in [0.2, 0.25) is 0 Å². The Balaban J connectivity index is 2.06. The minimum absolute atomic E-state index is 0.432. The van der Waals surface area contributed by atoms with Crippen molar-refractivity contribution >= 4 is 5.91 Å². The van der Waals surface area contributed by atoms with Gasteiger partial charge in [-0.25, -0.2) is 0 Å². The van der Waals surface area contributed by atoms with Crippen LogP contribution in [0, 0.1) is 18.3 Å². The van der Waals surface area contributed by atoms with Gasteiger partial charge in [-0.3, -0.25) is 4.79 Å². The molecule has 0 unspecified atom stereocenters. The number of methoxy groups -OCH3 is 2. The van der Waals surface area contributed by atoms with Crippen LogP contribution in [0.4, 0.5) is 0 Å². The van der Waals surface area contributed by atoms with Gasteiger partial charge in [0.1, 0.15) is 0 Å². The molecule has 3 aromatic rings. The van der Waals surface area contributed by atoms with Crippen molar-refractivity contribution in [3.63, 3.8) is 0 Å². The summed E-state index contributed by atoms with van der Waals surface area (Å²) in [5.74, 6) is 0.963. The van der Waals surface area contributed by atoms with Crippen LogP contribution in [-0.2, 0) is 19.4 Å². The van der Waals surface area contributed by atoms with E-state index in [-0.39, 0.29) is 0 Å². The Hall–Kier alpha value is -3.72. The van der Waals surface area contributed by atoms with E-state index >= 15 is 0 Å². The molecular weight excluding hydrogens is 426 g/mol. The zero-order valence-electron chi connectivity index (χ0n) is 20.5. The molecule has 178 valence electrons. The number of ether oxygens (including phenoxy) is 2. The number of carbonyl (C=O) groups excluding carboxylic acids is 1. The summed E-state index contributed by atoms with van der Waals surface area (Å²) in [6, 6.07) is 15.5. The van der Waals surface area contributed by atoms with Gasteiger partial charge in [0, 0.05) is 23.5 Å². The van der Waals surface area contributed by atoms with Crippen LogP contribution < -0.4 is 15.2 Å². The monoisotopic (exact) mass is 459 g/mol. The Kier molecular flexibility index (Phi) is 8.37. The van der Waals surface area contributed by atoms with Crippen LogP contribution in [0.5, 0.6) is 11.5 Å². The molecule has 1 amide bonds. The molecule has 2 aromatic carbocycles. The van der Waals surface area contributed by atoms with Crippen LogP contribution in [0.2, 0.25) is 0 Å². The third kappa shape index (κ3) is 5.26. The predicted molar refractivity (Wildman–Crippen MR) is 134 cm³/mol. The van der Waals surface area contributed by atoms with Crippen LogP contribution in [0.1, 0.15) is 59.1 Å². The summed E-state index contributed by atoms with van der Waals surface area (Å²) in [6.07, 6.45) is 4.86. The lowest BCUT2D eigenvalue weighted by molar-refractivity contribution is 0.1000. The number of unbranched alkanes of at least 4 members (excludes halogenated alkanes) is 2. The summed E-state index contributed by atoms with van der Waals surface area (Å²) in [7, 11) is 3.26. The quantitative estimate of drug-likeness (QED) is 0.387. The van der Waals surface area contributed by atoms with Crippen molar-refractivity contribution in [2.45, 2.75) is 52.5 Å². The first kappa shape index (κ1) is 24.9. The second-order valence-corrected chi connectivity index (χ2v) is 8.38. The molecule has 0 spiro atoms. The fourth-order valence-corrected chi connectivity index (χ4v) is 4.50. The summed E-state index contributed by atoms with van der Waals surface area (Å²) in [5, 5.41) is 9.19. The van der Waals surface area contributed by atoms with Crippen molar-refractivity contribution in [3.05, 3.63) is 70.5 Å². The van der Waals surface area contributed by atoms with Gasteiger partial charge >= 0.3 is 0 Å². The van der Waals surface area contributed by atoms with Gasteiger partial charge in [-0.05, 0) is 61.6 Å². The number of hydrogen-bond acceptors (Lipinski definition) is 4. The predicted octanol–water partition coefficient (Wildman–Crippen LogP) is 5.43. The van der Waals surface area contributed by atoms with Crippen molar-refractivity contribution in [2.24, 2.45) is 5.73 Å². The minimum Gasteiger partial charge on any atom is -0.493 e. The van der Waals surface area contributed by atoms with Crippen molar-refractivity contribution in [1.29, 1.82) is 5.26 Å². The third-order valence-electron chi connectivity index (χ3n) is 6.27. The van der Waals surface area contributed by atoms with Crippen molar-refractivity contribution in [1.82, 2.24) is 4.57 Å². The molecule has 0 atom stereocenters. The van der Waals surface area contributed by atoms with Gasteiger partial charge in [-0.2, -0.15) is 5.26 Å². The van der Waals surface area contributed by atoms with Crippen LogP contribution in [-0.4, -0.2) is 24.7 Å². The zero-order valence-corrected chi connectivity index (χ0v) is 20.5. The summed E-state index contributed by atoms with van der Waals surface area (Å²) < 4.78 is 13.0. The number of carbonyl (C=O) groups is 1. The minimum atomic E-state index is -0.432. The molecule has 6 heteroatoms. The average Bonchev–Trinajstić information content (AvgIpc) is 3.13. The highest BCUT2D eigenvalue weighted by molar-refractivity contribution is 6.02. The smallest absolute Gasteiger partial charge is 0.251 e. The first-order valence-corrected chi connectivity index (χ1v) is 11.7. The number of primary amides is 1. The third-order valence-corrected chi connectivity index (χ3v) is 6.27. The van der Waals surface area contributed by atoms with Crippen molar-refractivity contribution in [2.75, 3.05) is 14.2 Å². The number of rotatable bonds is 11. The van der Waals surface area contributed by atoms with E-state index in [4.69, 9.17) is 15.2 Å². The lowest BCUT2D eigenvalue weighted by atomic mass is 9.96. The molecule has 0 aliphatic carbocycles. The maximum Gasteiger partial charge on any atom is 0.251 e. The van der Waals surface area contributed by atoms with Crippen LogP contribution in [0.25, 0.3) is 11.1 Å². The van der Waals surface area contributed by atoms with Gasteiger partial charge in [0.25, 0.3) is 5.91 Å². The molecule has 0 fully saturated rings. The molecular formula is C28H33N3O3. The molecule has 0 bridgehead atoms. The first-order valence-electron chi connectivity index (χ1n) is 11.7. The Morgan fingerprint density at radius 1 is 1.03 bits per heavy atom. The van der Waals surface area contributed by atoms with Crippen molar-refractivity contribution in [3.8, 4) is 28.7 Å². The molecule has 1 heterocycles. The van der Waals surface area contributed by atoms with Gasteiger partial charge in [0.05, 0.1) is 31.4 Å². The van der Waals surface area contributed by atoms with Gasteiger partial charge < -0.3 is 19.8 Å². The number of benzene rings is 2. The SMILES string of the molecule is CCCCCc1c(-c2ccc(C#N)cc2)c(C(N)=O)c(C)n1CCc1ccc(OC)c(OC)c1. The second-order valence-electron chi connectivity index (χ2n) is 8.38. The van der Waals surface area contributed by atoms with Crippen LogP contribution in [0.15, 0.2) is 42.5 Å².